The molecule has 1 aliphatic rings. The molecule has 0 saturated carbocycles. The van der Waals surface area contributed by atoms with Crippen molar-refractivity contribution in [3.8, 4) is 0 Å². The second-order valence-corrected chi connectivity index (χ2v) is 10.4. The quantitative estimate of drug-likeness (QED) is 0.530. The Morgan fingerprint density at radius 2 is 1.11 bits per heavy atom. The van der Waals surface area contributed by atoms with E-state index in [0.717, 1.165) is 37.6 Å². The molecule has 0 saturated heterocycles. The molecule has 0 atom stereocenters. The normalized spacial score (nSPS) is 17.3. The molecule has 2 heterocycles. The number of nitrogens with zero attached hydrogens (tertiary/aromatic N) is 3. The van der Waals surface area contributed by atoms with Gasteiger partial charge in [0.1, 0.15) is 0 Å². The Balaban J connectivity index is 2.10. The van der Waals surface area contributed by atoms with Crippen LogP contribution in [0.15, 0.2) is 40.9 Å². The minimum Gasteiger partial charge on any atom is -0.288 e. The summed E-state index contributed by atoms with van der Waals surface area (Å²) in [6.45, 7) is 17.2. The van der Waals surface area contributed by atoms with Gasteiger partial charge in [-0.05, 0) is 64.8 Å². The average Bonchev–Trinajstić information content (AvgIpc) is 2.55. The Morgan fingerprint density at radius 3 is 1.52 bits per heavy atom. The van der Waals surface area contributed by atoms with Crippen molar-refractivity contribution in [3.63, 3.8) is 0 Å². The molecular formula is C23H32BrN3. The van der Waals surface area contributed by atoms with Crippen molar-refractivity contribution in [3.05, 3.63) is 63.4 Å². The van der Waals surface area contributed by atoms with Crippen molar-refractivity contribution < 1.29 is 0 Å². The summed E-state index contributed by atoms with van der Waals surface area (Å²) >= 11 is 3.92. The molecule has 2 aromatic rings. The number of benzene rings is 1. The van der Waals surface area contributed by atoms with E-state index in [1.807, 2.05) is 0 Å². The lowest BCUT2D eigenvalue weighted by Gasteiger charge is -2.38. The fourth-order valence-corrected chi connectivity index (χ4v) is 3.96. The summed E-state index contributed by atoms with van der Waals surface area (Å²) in [7, 11) is 0. The molecule has 0 amide bonds. The van der Waals surface area contributed by atoms with Crippen LogP contribution in [0, 0.1) is 0 Å². The van der Waals surface area contributed by atoms with Crippen LogP contribution in [0.3, 0.4) is 0 Å². The van der Waals surface area contributed by atoms with Gasteiger partial charge in [0.25, 0.3) is 0 Å². The van der Waals surface area contributed by atoms with Crippen LogP contribution in [-0.4, -0.2) is 25.9 Å². The Hall–Kier alpha value is -1.23. The molecule has 1 aromatic heterocycles. The van der Waals surface area contributed by atoms with Crippen LogP contribution in [0.5, 0.6) is 0 Å². The summed E-state index contributed by atoms with van der Waals surface area (Å²) in [5.74, 6) is 0. The zero-order valence-electron chi connectivity index (χ0n) is 17.5. The van der Waals surface area contributed by atoms with Gasteiger partial charge in [-0.25, -0.2) is 0 Å². The highest BCUT2D eigenvalue weighted by Crippen LogP contribution is 2.30. The summed E-state index contributed by atoms with van der Waals surface area (Å²) in [5, 5.41) is 0. The SMILES string of the molecule is CC(C)(C)N1Cc2cccc(n2)CN(C(C)(C)C)Cc2cccc(c2Br)C1. The van der Waals surface area contributed by atoms with E-state index in [2.05, 4.69) is 104 Å². The standard InChI is InChI=1S/C23H32BrN3/c1-22(2,3)26-13-17-9-7-10-18(21(17)24)14-27(23(4,5)6)16-20-12-8-11-19(15-26)25-20/h7-12H,13-16H2,1-6H3. The Kier molecular flexibility index (Phi) is 5.81. The van der Waals surface area contributed by atoms with Gasteiger partial charge in [-0.2, -0.15) is 0 Å². The first-order chi connectivity index (χ1) is 12.5. The number of rotatable bonds is 0. The molecule has 0 radical (unpaired) electrons. The van der Waals surface area contributed by atoms with E-state index in [-0.39, 0.29) is 11.1 Å². The molecule has 0 aliphatic carbocycles. The van der Waals surface area contributed by atoms with Gasteiger partial charge in [0.05, 0.1) is 11.4 Å². The van der Waals surface area contributed by atoms with E-state index in [1.165, 1.54) is 15.6 Å². The van der Waals surface area contributed by atoms with Crippen molar-refractivity contribution >= 4 is 15.9 Å². The lowest BCUT2D eigenvalue weighted by atomic mass is 10.0. The number of hydrogen-bond donors (Lipinski definition) is 0. The van der Waals surface area contributed by atoms with Gasteiger partial charge in [0.15, 0.2) is 0 Å². The molecule has 1 aliphatic heterocycles. The van der Waals surface area contributed by atoms with Crippen molar-refractivity contribution in [2.24, 2.45) is 0 Å². The first-order valence-electron chi connectivity index (χ1n) is 9.75. The number of hydrogen-bond acceptors (Lipinski definition) is 3. The van der Waals surface area contributed by atoms with E-state index >= 15 is 0 Å². The van der Waals surface area contributed by atoms with Gasteiger partial charge in [0.2, 0.25) is 0 Å². The lowest BCUT2D eigenvalue weighted by Crippen LogP contribution is -2.42. The minimum absolute atomic E-state index is 0.0642. The monoisotopic (exact) mass is 429 g/mol. The molecule has 3 rings (SSSR count). The van der Waals surface area contributed by atoms with Gasteiger partial charge < -0.3 is 0 Å². The molecule has 4 heteroatoms. The number of halogens is 1. The third-order valence-electron chi connectivity index (χ3n) is 5.35. The van der Waals surface area contributed by atoms with E-state index in [9.17, 15) is 0 Å². The minimum atomic E-state index is 0.0642. The summed E-state index contributed by atoms with van der Waals surface area (Å²) in [5.41, 5.74) is 5.10. The maximum Gasteiger partial charge on any atom is 0.0548 e. The highest BCUT2D eigenvalue weighted by molar-refractivity contribution is 9.10. The van der Waals surface area contributed by atoms with Gasteiger partial charge in [0, 0.05) is 41.7 Å². The Bertz CT molecular complexity index is 743. The predicted molar refractivity (Wildman–Crippen MR) is 116 cm³/mol. The maximum absolute atomic E-state index is 5.00. The fourth-order valence-electron chi connectivity index (χ4n) is 3.45. The molecule has 27 heavy (non-hydrogen) atoms. The molecule has 0 fully saturated rings. The molecule has 1 aromatic carbocycles. The Labute approximate surface area is 172 Å². The topological polar surface area (TPSA) is 19.4 Å². The second kappa shape index (κ2) is 7.65. The van der Waals surface area contributed by atoms with Gasteiger partial charge in [-0.3, -0.25) is 14.8 Å². The van der Waals surface area contributed by atoms with Crippen molar-refractivity contribution in [2.75, 3.05) is 0 Å². The third kappa shape index (κ3) is 4.98. The summed E-state index contributed by atoms with van der Waals surface area (Å²) in [6.07, 6.45) is 0. The largest absolute Gasteiger partial charge is 0.288 e. The maximum atomic E-state index is 5.00. The van der Waals surface area contributed by atoms with Crippen LogP contribution in [0.1, 0.15) is 64.1 Å². The molecule has 146 valence electrons. The van der Waals surface area contributed by atoms with Crippen LogP contribution in [0.4, 0.5) is 0 Å². The number of pyridine rings is 1. The average molecular weight is 430 g/mol. The summed E-state index contributed by atoms with van der Waals surface area (Å²) in [4.78, 5) is 10.0. The first-order valence-corrected chi connectivity index (χ1v) is 10.5. The van der Waals surface area contributed by atoms with Crippen LogP contribution in [0.2, 0.25) is 0 Å². The molecule has 4 bridgehead atoms. The second-order valence-electron chi connectivity index (χ2n) is 9.56. The van der Waals surface area contributed by atoms with E-state index in [1.54, 1.807) is 0 Å². The van der Waals surface area contributed by atoms with Crippen LogP contribution >= 0.6 is 15.9 Å². The van der Waals surface area contributed by atoms with Crippen LogP contribution in [0.25, 0.3) is 0 Å². The zero-order chi connectivity index (χ0) is 19.8. The molecule has 0 N–H and O–H groups in total. The fraction of sp³-hybridized carbons (Fsp3) is 0.522. The zero-order valence-corrected chi connectivity index (χ0v) is 19.1. The van der Waals surface area contributed by atoms with Gasteiger partial charge in [-0.15, -0.1) is 0 Å². The van der Waals surface area contributed by atoms with Gasteiger partial charge >= 0.3 is 0 Å². The smallest absolute Gasteiger partial charge is 0.0548 e. The number of aromatic nitrogens is 1. The van der Waals surface area contributed by atoms with Crippen molar-refractivity contribution in [2.45, 2.75) is 78.8 Å². The summed E-state index contributed by atoms with van der Waals surface area (Å²) < 4.78 is 1.24. The van der Waals surface area contributed by atoms with E-state index in [0.29, 0.717) is 0 Å². The first kappa shape index (κ1) is 20.5. The highest BCUT2D eigenvalue weighted by atomic mass is 79.9. The van der Waals surface area contributed by atoms with Crippen molar-refractivity contribution in [1.82, 2.24) is 14.8 Å². The van der Waals surface area contributed by atoms with E-state index in [4.69, 9.17) is 4.98 Å². The number of fused-ring (bicyclic) bond motifs is 4. The molecule has 3 nitrogen and oxygen atoms in total. The van der Waals surface area contributed by atoms with E-state index < -0.39 is 0 Å². The summed E-state index contributed by atoms with van der Waals surface area (Å²) in [6, 6.07) is 13.1. The molecule has 0 unspecified atom stereocenters. The van der Waals surface area contributed by atoms with Crippen LogP contribution < -0.4 is 0 Å². The van der Waals surface area contributed by atoms with Gasteiger partial charge in [-0.1, -0.05) is 40.2 Å². The highest BCUT2D eigenvalue weighted by Gasteiger charge is 2.27. The molecule has 0 spiro atoms. The molecular weight excluding hydrogens is 398 g/mol. The predicted octanol–water partition coefficient (Wildman–Crippen LogP) is 5.76. The lowest BCUT2D eigenvalue weighted by molar-refractivity contribution is 0.109. The third-order valence-corrected chi connectivity index (χ3v) is 6.37. The van der Waals surface area contributed by atoms with Crippen molar-refractivity contribution in [1.29, 1.82) is 0 Å². The Morgan fingerprint density at radius 1 is 0.704 bits per heavy atom. The van der Waals surface area contributed by atoms with Crippen LogP contribution in [-0.2, 0) is 26.2 Å².